The van der Waals surface area contributed by atoms with Crippen molar-refractivity contribution in [1.29, 1.82) is 0 Å². The SMILES string of the molecule is NC1(Cc2c(F)ccc3c2COCO3)CC1. The van der Waals surface area contributed by atoms with Crippen LogP contribution in [0.1, 0.15) is 24.0 Å². The standard InChI is InChI=1S/C12H14FNO2/c13-10-1-2-11-9(6-15-7-16-11)8(10)5-12(14)3-4-12/h1-2H,3-7,14H2. The van der Waals surface area contributed by atoms with Gasteiger partial charge in [-0.2, -0.15) is 0 Å². The summed E-state index contributed by atoms with van der Waals surface area (Å²) >= 11 is 0. The quantitative estimate of drug-likeness (QED) is 0.830. The van der Waals surface area contributed by atoms with E-state index in [4.69, 9.17) is 15.2 Å². The highest BCUT2D eigenvalue weighted by molar-refractivity contribution is 5.42. The highest BCUT2D eigenvalue weighted by Gasteiger charge is 2.39. The second-order valence-electron chi connectivity index (χ2n) is 4.65. The van der Waals surface area contributed by atoms with Gasteiger partial charge in [-0.05, 0) is 37.0 Å². The third-order valence-corrected chi connectivity index (χ3v) is 3.30. The Bertz CT molecular complexity index is 429. The lowest BCUT2D eigenvalue weighted by molar-refractivity contribution is -0.0171. The molecule has 0 unspecified atom stereocenters. The minimum Gasteiger partial charge on any atom is -0.467 e. The Kier molecular flexibility index (Phi) is 2.16. The number of ether oxygens (including phenoxy) is 2. The zero-order valence-electron chi connectivity index (χ0n) is 8.96. The van der Waals surface area contributed by atoms with Gasteiger partial charge >= 0.3 is 0 Å². The van der Waals surface area contributed by atoms with Crippen LogP contribution in [0, 0.1) is 5.82 Å². The van der Waals surface area contributed by atoms with Gasteiger partial charge in [-0.3, -0.25) is 0 Å². The molecule has 2 aliphatic rings. The molecule has 0 amide bonds. The lowest BCUT2D eigenvalue weighted by Crippen LogP contribution is -2.26. The van der Waals surface area contributed by atoms with E-state index in [2.05, 4.69) is 0 Å². The molecule has 0 atom stereocenters. The van der Waals surface area contributed by atoms with Crippen molar-refractivity contribution in [3.8, 4) is 5.75 Å². The lowest BCUT2D eigenvalue weighted by atomic mass is 9.98. The van der Waals surface area contributed by atoms with E-state index in [1.54, 1.807) is 6.07 Å². The lowest BCUT2D eigenvalue weighted by Gasteiger charge is -2.22. The Labute approximate surface area is 93.3 Å². The molecule has 0 aromatic heterocycles. The molecular weight excluding hydrogens is 209 g/mol. The van der Waals surface area contributed by atoms with E-state index in [1.807, 2.05) is 0 Å². The first-order valence-electron chi connectivity index (χ1n) is 5.48. The van der Waals surface area contributed by atoms with E-state index in [1.165, 1.54) is 6.07 Å². The fourth-order valence-electron chi connectivity index (χ4n) is 2.07. The average molecular weight is 223 g/mol. The summed E-state index contributed by atoms with van der Waals surface area (Å²) in [4.78, 5) is 0. The monoisotopic (exact) mass is 223 g/mol. The van der Waals surface area contributed by atoms with Crippen molar-refractivity contribution in [2.24, 2.45) is 5.73 Å². The third kappa shape index (κ3) is 1.68. The molecule has 0 saturated heterocycles. The molecule has 0 bridgehead atoms. The summed E-state index contributed by atoms with van der Waals surface area (Å²) in [6, 6.07) is 3.11. The molecule has 1 aromatic rings. The number of hydrogen-bond acceptors (Lipinski definition) is 3. The van der Waals surface area contributed by atoms with Crippen LogP contribution in [0.4, 0.5) is 4.39 Å². The topological polar surface area (TPSA) is 44.5 Å². The average Bonchev–Trinajstić information content (AvgIpc) is 3.01. The molecule has 3 rings (SSSR count). The summed E-state index contributed by atoms with van der Waals surface area (Å²) < 4.78 is 24.3. The van der Waals surface area contributed by atoms with Crippen molar-refractivity contribution in [3.63, 3.8) is 0 Å². The number of rotatable bonds is 2. The number of nitrogens with two attached hydrogens (primary N) is 1. The largest absolute Gasteiger partial charge is 0.467 e. The van der Waals surface area contributed by atoms with Crippen molar-refractivity contribution < 1.29 is 13.9 Å². The Morgan fingerprint density at radius 1 is 1.38 bits per heavy atom. The zero-order valence-corrected chi connectivity index (χ0v) is 8.96. The van der Waals surface area contributed by atoms with Gasteiger partial charge in [-0.15, -0.1) is 0 Å². The van der Waals surface area contributed by atoms with E-state index in [-0.39, 0.29) is 18.1 Å². The Hall–Kier alpha value is -1.13. The van der Waals surface area contributed by atoms with Crippen LogP contribution in [-0.4, -0.2) is 12.3 Å². The molecule has 16 heavy (non-hydrogen) atoms. The molecule has 86 valence electrons. The first-order chi connectivity index (χ1) is 7.68. The molecular formula is C12H14FNO2. The van der Waals surface area contributed by atoms with Gasteiger partial charge in [0.25, 0.3) is 0 Å². The summed E-state index contributed by atoms with van der Waals surface area (Å²) in [7, 11) is 0. The van der Waals surface area contributed by atoms with Crippen molar-refractivity contribution in [2.45, 2.75) is 31.4 Å². The molecule has 4 heteroatoms. The molecule has 3 nitrogen and oxygen atoms in total. The number of hydrogen-bond donors (Lipinski definition) is 1. The van der Waals surface area contributed by atoms with Crippen LogP contribution in [0.15, 0.2) is 12.1 Å². The van der Waals surface area contributed by atoms with Crippen molar-refractivity contribution in [1.82, 2.24) is 0 Å². The second kappa shape index (κ2) is 3.43. The molecule has 2 N–H and O–H groups in total. The van der Waals surface area contributed by atoms with E-state index in [0.717, 1.165) is 24.2 Å². The van der Waals surface area contributed by atoms with Gasteiger partial charge in [0.1, 0.15) is 11.6 Å². The summed E-state index contributed by atoms with van der Waals surface area (Å²) in [6.45, 7) is 0.657. The number of fused-ring (bicyclic) bond motifs is 1. The predicted molar refractivity (Wildman–Crippen MR) is 56.5 cm³/mol. The van der Waals surface area contributed by atoms with E-state index in [0.29, 0.717) is 18.6 Å². The van der Waals surface area contributed by atoms with Crippen LogP contribution in [-0.2, 0) is 17.8 Å². The van der Waals surface area contributed by atoms with Gasteiger partial charge in [0.05, 0.1) is 6.61 Å². The van der Waals surface area contributed by atoms with Crippen LogP contribution in [0.25, 0.3) is 0 Å². The van der Waals surface area contributed by atoms with E-state index >= 15 is 0 Å². The molecule has 0 radical (unpaired) electrons. The smallest absolute Gasteiger partial charge is 0.189 e. The fourth-order valence-corrected chi connectivity index (χ4v) is 2.07. The summed E-state index contributed by atoms with van der Waals surface area (Å²) in [5, 5.41) is 0. The maximum Gasteiger partial charge on any atom is 0.189 e. The molecule has 1 aliphatic carbocycles. The number of benzene rings is 1. The second-order valence-corrected chi connectivity index (χ2v) is 4.65. The fraction of sp³-hybridized carbons (Fsp3) is 0.500. The van der Waals surface area contributed by atoms with E-state index in [9.17, 15) is 4.39 Å². The molecule has 1 aromatic carbocycles. The zero-order chi connectivity index (χ0) is 11.2. The van der Waals surface area contributed by atoms with Crippen LogP contribution in [0.5, 0.6) is 5.75 Å². The molecule has 1 fully saturated rings. The molecule has 1 saturated carbocycles. The summed E-state index contributed by atoms with van der Waals surface area (Å²) in [5.74, 6) is 0.525. The van der Waals surface area contributed by atoms with Crippen molar-refractivity contribution in [3.05, 3.63) is 29.1 Å². The maximum absolute atomic E-state index is 13.8. The Morgan fingerprint density at radius 2 is 2.19 bits per heavy atom. The number of halogens is 1. The highest BCUT2D eigenvalue weighted by atomic mass is 19.1. The van der Waals surface area contributed by atoms with Crippen LogP contribution >= 0.6 is 0 Å². The van der Waals surface area contributed by atoms with Crippen molar-refractivity contribution in [2.75, 3.05) is 6.79 Å². The minimum atomic E-state index is -0.204. The molecule has 1 heterocycles. The van der Waals surface area contributed by atoms with Gasteiger partial charge in [0.15, 0.2) is 6.79 Å². The third-order valence-electron chi connectivity index (χ3n) is 3.30. The van der Waals surface area contributed by atoms with Crippen LogP contribution < -0.4 is 10.5 Å². The minimum absolute atomic E-state index is 0.201. The molecule has 0 spiro atoms. The summed E-state index contributed by atoms with van der Waals surface area (Å²) in [5.41, 5.74) is 7.32. The molecule has 1 aliphatic heterocycles. The van der Waals surface area contributed by atoms with E-state index < -0.39 is 0 Å². The van der Waals surface area contributed by atoms with Gasteiger partial charge in [-0.1, -0.05) is 0 Å². The van der Waals surface area contributed by atoms with Crippen LogP contribution in [0.2, 0.25) is 0 Å². The normalized spacial score (nSPS) is 21.1. The Morgan fingerprint density at radius 3 is 2.94 bits per heavy atom. The first kappa shape index (κ1) is 10.1. The highest BCUT2D eigenvalue weighted by Crippen LogP contribution is 2.39. The summed E-state index contributed by atoms with van der Waals surface area (Å²) in [6.07, 6.45) is 2.52. The van der Waals surface area contributed by atoms with Gasteiger partial charge in [0.2, 0.25) is 0 Å². The van der Waals surface area contributed by atoms with Crippen LogP contribution in [0.3, 0.4) is 0 Å². The maximum atomic E-state index is 13.8. The Balaban J connectivity index is 2.00. The van der Waals surface area contributed by atoms with Gasteiger partial charge in [-0.25, -0.2) is 4.39 Å². The first-order valence-corrected chi connectivity index (χ1v) is 5.48. The van der Waals surface area contributed by atoms with Crippen molar-refractivity contribution >= 4 is 0 Å². The van der Waals surface area contributed by atoms with Gasteiger partial charge in [0, 0.05) is 11.1 Å². The predicted octanol–water partition coefficient (Wildman–Crippen LogP) is 1.73. The van der Waals surface area contributed by atoms with Gasteiger partial charge < -0.3 is 15.2 Å².